The lowest BCUT2D eigenvalue weighted by atomic mass is 9.73. The lowest BCUT2D eigenvalue weighted by molar-refractivity contribution is -0.136. The molecule has 0 bridgehead atoms. The standard InChI is InChI=1S/C40H41Cl2N3O3/c1-2-3-14-33(38(43)46)34(22-25-10-8-11-25)39(47)44-37-32-17-5-4-15-30(32)31-16-6-7-18-36(31)45(40(37)48)24-26-12-9-13-27(21-26)29-20-19-28(41)23-35(29)42/h4-7,9,12-13,15-21,23,25,33-34,37H,2-3,8,10-11,14,22,24H2,1H3,(H2,43,46)(H,44,47)/t33-,34+,37?/m0/s1. The summed E-state index contributed by atoms with van der Waals surface area (Å²) in [6, 6.07) is 27.9. The summed E-state index contributed by atoms with van der Waals surface area (Å²) >= 11 is 12.7. The Bertz CT molecular complexity index is 1820. The van der Waals surface area contributed by atoms with E-state index in [1.54, 1.807) is 17.0 Å². The highest BCUT2D eigenvalue weighted by molar-refractivity contribution is 6.36. The second-order valence-electron chi connectivity index (χ2n) is 13.1. The predicted molar refractivity (Wildman–Crippen MR) is 194 cm³/mol. The number of amides is 3. The van der Waals surface area contributed by atoms with Crippen LogP contribution in [0.3, 0.4) is 0 Å². The molecule has 248 valence electrons. The second-order valence-corrected chi connectivity index (χ2v) is 13.9. The number of primary amides is 1. The van der Waals surface area contributed by atoms with E-state index in [1.165, 1.54) is 0 Å². The van der Waals surface area contributed by atoms with Gasteiger partial charge in [0.25, 0.3) is 5.91 Å². The monoisotopic (exact) mass is 681 g/mol. The van der Waals surface area contributed by atoms with Gasteiger partial charge in [-0.3, -0.25) is 14.4 Å². The number of hydrogen-bond donors (Lipinski definition) is 2. The number of nitrogens with one attached hydrogen (secondary N) is 1. The Labute approximate surface area is 292 Å². The molecule has 0 radical (unpaired) electrons. The number of para-hydroxylation sites is 1. The lowest BCUT2D eigenvalue weighted by Gasteiger charge is -2.33. The molecule has 3 amide bonds. The van der Waals surface area contributed by atoms with Crippen LogP contribution < -0.4 is 16.0 Å². The first kappa shape index (κ1) is 33.8. The average Bonchev–Trinajstić information content (AvgIpc) is 3.15. The molecule has 3 N–H and O–H groups in total. The number of carbonyl (C=O) groups excluding carboxylic acids is 3. The van der Waals surface area contributed by atoms with Gasteiger partial charge in [0, 0.05) is 33.0 Å². The summed E-state index contributed by atoms with van der Waals surface area (Å²) in [5, 5.41) is 4.26. The zero-order valence-electron chi connectivity index (χ0n) is 27.1. The number of benzene rings is 4. The zero-order valence-corrected chi connectivity index (χ0v) is 28.6. The van der Waals surface area contributed by atoms with Crippen molar-refractivity contribution in [3.63, 3.8) is 0 Å². The van der Waals surface area contributed by atoms with Crippen LogP contribution in [-0.4, -0.2) is 17.7 Å². The number of carbonyl (C=O) groups is 3. The van der Waals surface area contributed by atoms with Crippen molar-refractivity contribution in [2.45, 2.75) is 64.5 Å². The van der Waals surface area contributed by atoms with Gasteiger partial charge in [0.15, 0.2) is 0 Å². The Balaban J connectivity index is 1.38. The van der Waals surface area contributed by atoms with Gasteiger partial charge >= 0.3 is 0 Å². The second kappa shape index (κ2) is 15.0. The Hall–Kier alpha value is -4.13. The zero-order chi connectivity index (χ0) is 33.8. The molecule has 6 nitrogen and oxygen atoms in total. The van der Waals surface area contributed by atoms with Crippen molar-refractivity contribution < 1.29 is 14.4 Å². The quantitative estimate of drug-likeness (QED) is 0.156. The van der Waals surface area contributed by atoms with Crippen LogP contribution in [0, 0.1) is 17.8 Å². The Morgan fingerprint density at radius 3 is 2.35 bits per heavy atom. The van der Waals surface area contributed by atoms with Gasteiger partial charge in [-0.05, 0) is 65.3 Å². The topological polar surface area (TPSA) is 92.5 Å². The normalized spacial score (nSPS) is 17.0. The van der Waals surface area contributed by atoms with Gasteiger partial charge in [-0.15, -0.1) is 0 Å². The summed E-state index contributed by atoms with van der Waals surface area (Å²) in [6.45, 7) is 2.33. The third kappa shape index (κ3) is 7.15. The van der Waals surface area contributed by atoms with Gasteiger partial charge in [0.2, 0.25) is 11.8 Å². The summed E-state index contributed by atoms with van der Waals surface area (Å²) in [5.41, 5.74) is 11.8. The minimum atomic E-state index is -0.960. The van der Waals surface area contributed by atoms with Crippen LogP contribution in [-0.2, 0) is 20.9 Å². The minimum absolute atomic E-state index is 0.248. The van der Waals surface area contributed by atoms with E-state index in [1.807, 2.05) is 78.9 Å². The highest BCUT2D eigenvalue weighted by atomic mass is 35.5. The molecule has 1 fully saturated rings. The van der Waals surface area contributed by atoms with E-state index in [2.05, 4.69) is 12.2 Å². The van der Waals surface area contributed by atoms with Gasteiger partial charge in [0.05, 0.1) is 12.2 Å². The van der Waals surface area contributed by atoms with Crippen molar-refractivity contribution >= 4 is 46.6 Å². The van der Waals surface area contributed by atoms with E-state index in [9.17, 15) is 14.4 Å². The molecule has 8 heteroatoms. The van der Waals surface area contributed by atoms with Crippen molar-refractivity contribution in [3.8, 4) is 22.3 Å². The minimum Gasteiger partial charge on any atom is -0.369 e. The molecule has 6 rings (SSSR count). The van der Waals surface area contributed by atoms with E-state index >= 15 is 0 Å². The highest BCUT2D eigenvalue weighted by Crippen LogP contribution is 2.42. The molecule has 1 unspecified atom stereocenters. The van der Waals surface area contributed by atoms with Crippen molar-refractivity contribution in [1.82, 2.24) is 5.32 Å². The fraction of sp³-hybridized carbons (Fsp3) is 0.325. The molecular weight excluding hydrogens is 641 g/mol. The van der Waals surface area contributed by atoms with Crippen LogP contribution in [0.2, 0.25) is 10.0 Å². The first-order valence-corrected chi connectivity index (χ1v) is 17.6. The summed E-state index contributed by atoms with van der Waals surface area (Å²) in [4.78, 5) is 43.7. The molecule has 48 heavy (non-hydrogen) atoms. The van der Waals surface area contributed by atoms with Gasteiger partial charge in [-0.1, -0.05) is 129 Å². The number of unbranched alkanes of at least 4 members (excludes halogenated alkanes) is 1. The molecule has 4 aromatic carbocycles. The average molecular weight is 683 g/mol. The highest BCUT2D eigenvalue weighted by Gasteiger charge is 2.40. The van der Waals surface area contributed by atoms with Gasteiger partial charge in [-0.25, -0.2) is 0 Å². The molecule has 1 saturated carbocycles. The number of nitrogens with zero attached hydrogens (tertiary/aromatic N) is 1. The third-order valence-corrected chi connectivity index (χ3v) is 10.5. The van der Waals surface area contributed by atoms with Crippen LogP contribution in [0.4, 0.5) is 5.69 Å². The number of nitrogens with two attached hydrogens (primary N) is 1. The Morgan fingerprint density at radius 1 is 0.896 bits per heavy atom. The fourth-order valence-corrected chi connectivity index (χ4v) is 7.66. The van der Waals surface area contributed by atoms with Crippen molar-refractivity contribution in [3.05, 3.63) is 112 Å². The largest absolute Gasteiger partial charge is 0.369 e. The van der Waals surface area contributed by atoms with E-state index in [0.29, 0.717) is 28.8 Å². The number of halogens is 2. The third-order valence-electron chi connectivity index (χ3n) is 9.93. The number of fused-ring (bicyclic) bond motifs is 3. The molecule has 0 saturated heterocycles. The molecule has 1 aliphatic heterocycles. The smallest absolute Gasteiger partial charge is 0.254 e. The first-order valence-electron chi connectivity index (χ1n) is 16.9. The SMILES string of the molecule is CCCC[C@H](C(N)=O)[C@@H](CC1CCC1)C(=O)NC1C(=O)N(Cc2cccc(-c3ccc(Cl)cc3Cl)c2)c2ccccc2-c2ccccc21. The first-order chi connectivity index (χ1) is 23.2. The van der Waals surface area contributed by atoms with Crippen LogP contribution in [0.5, 0.6) is 0 Å². The van der Waals surface area contributed by atoms with Crippen LogP contribution in [0.15, 0.2) is 91.0 Å². The van der Waals surface area contributed by atoms with E-state index in [0.717, 1.165) is 71.2 Å². The Kier molecular flexibility index (Phi) is 10.5. The maximum Gasteiger partial charge on any atom is 0.254 e. The molecule has 1 aliphatic carbocycles. The molecule has 1 heterocycles. The molecule has 2 aliphatic rings. The summed E-state index contributed by atoms with van der Waals surface area (Å²) in [5.74, 6) is -1.80. The van der Waals surface area contributed by atoms with Gasteiger partial charge < -0.3 is 16.0 Å². The summed E-state index contributed by atoms with van der Waals surface area (Å²) in [7, 11) is 0. The van der Waals surface area contributed by atoms with E-state index < -0.39 is 23.8 Å². The maximum atomic E-state index is 14.8. The lowest BCUT2D eigenvalue weighted by Crippen LogP contribution is -2.47. The van der Waals surface area contributed by atoms with Crippen molar-refractivity contribution in [2.24, 2.45) is 23.5 Å². The number of hydrogen-bond acceptors (Lipinski definition) is 3. The van der Waals surface area contributed by atoms with Crippen LogP contribution >= 0.6 is 23.2 Å². The number of anilines is 1. The predicted octanol–water partition coefficient (Wildman–Crippen LogP) is 9.13. The molecule has 0 aromatic heterocycles. The van der Waals surface area contributed by atoms with Crippen molar-refractivity contribution in [2.75, 3.05) is 4.90 Å². The van der Waals surface area contributed by atoms with Crippen LogP contribution in [0.1, 0.15) is 69.0 Å². The number of rotatable bonds is 12. The summed E-state index contributed by atoms with van der Waals surface area (Å²) in [6.07, 6.45) is 6.05. The van der Waals surface area contributed by atoms with Crippen molar-refractivity contribution in [1.29, 1.82) is 0 Å². The van der Waals surface area contributed by atoms with E-state index in [-0.39, 0.29) is 18.4 Å². The molecule has 0 spiro atoms. The van der Waals surface area contributed by atoms with Gasteiger partial charge in [-0.2, -0.15) is 0 Å². The molecular formula is C40H41Cl2N3O3. The Morgan fingerprint density at radius 2 is 1.65 bits per heavy atom. The maximum absolute atomic E-state index is 14.8. The van der Waals surface area contributed by atoms with Gasteiger partial charge in [0.1, 0.15) is 6.04 Å². The van der Waals surface area contributed by atoms with Crippen LogP contribution in [0.25, 0.3) is 22.3 Å². The summed E-state index contributed by atoms with van der Waals surface area (Å²) < 4.78 is 0. The molecule has 4 aromatic rings. The fourth-order valence-electron chi connectivity index (χ4n) is 7.14. The van der Waals surface area contributed by atoms with E-state index in [4.69, 9.17) is 28.9 Å². The molecule has 3 atom stereocenters.